The van der Waals surface area contributed by atoms with Gasteiger partial charge in [-0.1, -0.05) is 48.9 Å². The molecule has 0 aliphatic heterocycles. The predicted octanol–water partition coefficient (Wildman–Crippen LogP) is 4.99. The third-order valence-electron chi connectivity index (χ3n) is 4.97. The molecule has 0 aliphatic rings. The zero-order valence-corrected chi connectivity index (χ0v) is 18.2. The van der Waals surface area contributed by atoms with Crippen molar-refractivity contribution in [3.05, 3.63) is 95.1 Å². The molecular formula is C24H26N2O3S. The maximum atomic E-state index is 12.7. The number of hydrogen-bond donors (Lipinski definition) is 2. The summed E-state index contributed by atoms with van der Waals surface area (Å²) in [4.78, 5) is 12.9. The fourth-order valence-corrected chi connectivity index (χ4v) is 4.44. The van der Waals surface area contributed by atoms with Crippen LogP contribution in [0.15, 0.2) is 77.7 Å². The lowest BCUT2D eigenvalue weighted by Crippen LogP contribution is -2.28. The summed E-state index contributed by atoms with van der Waals surface area (Å²) in [7, 11) is -3.66. The first-order valence-electron chi connectivity index (χ1n) is 9.86. The molecule has 3 aromatic rings. The van der Waals surface area contributed by atoms with Gasteiger partial charge in [0.25, 0.3) is 15.9 Å². The Morgan fingerprint density at radius 3 is 2.20 bits per heavy atom. The molecule has 0 heterocycles. The predicted molar refractivity (Wildman–Crippen MR) is 120 cm³/mol. The lowest BCUT2D eigenvalue weighted by Gasteiger charge is -2.20. The van der Waals surface area contributed by atoms with Crippen LogP contribution in [0.3, 0.4) is 0 Å². The maximum Gasteiger partial charge on any atom is 0.261 e. The molecule has 0 fully saturated rings. The van der Waals surface area contributed by atoms with Crippen LogP contribution in [0, 0.1) is 13.8 Å². The molecule has 0 saturated heterocycles. The Hall–Kier alpha value is -3.12. The number of nitrogens with one attached hydrogen (secondary N) is 2. The monoisotopic (exact) mass is 422 g/mol. The van der Waals surface area contributed by atoms with E-state index in [-0.39, 0.29) is 16.8 Å². The van der Waals surface area contributed by atoms with Crippen molar-refractivity contribution in [1.82, 2.24) is 5.32 Å². The number of benzene rings is 3. The highest BCUT2D eigenvalue weighted by Gasteiger charge is 2.17. The van der Waals surface area contributed by atoms with Crippen LogP contribution in [-0.2, 0) is 10.0 Å². The summed E-state index contributed by atoms with van der Waals surface area (Å²) in [6.45, 7) is 6.13. The Morgan fingerprint density at radius 1 is 0.933 bits per heavy atom. The van der Waals surface area contributed by atoms with E-state index >= 15 is 0 Å². The molecule has 5 nitrogen and oxygen atoms in total. The molecule has 1 unspecified atom stereocenters. The lowest BCUT2D eigenvalue weighted by molar-refractivity contribution is 0.0935. The van der Waals surface area contributed by atoms with Gasteiger partial charge in [-0.25, -0.2) is 8.42 Å². The van der Waals surface area contributed by atoms with Gasteiger partial charge in [0.1, 0.15) is 0 Å². The second-order valence-electron chi connectivity index (χ2n) is 7.29. The van der Waals surface area contributed by atoms with Crippen LogP contribution in [0.2, 0.25) is 0 Å². The first kappa shape index (κ1) is 21.6. The van der Waals surface area contributed by atoms with Gasteiger partial charge in [0, 0.05) is 11.3 Å². The normalized spacial score (nSPS) is 12.2. The van der Waals surface area contributed by atoms with E-state index in [0.717, 1.165) is 17.5 Å². The Kier molecular flexibility index (Phi) is 6.57. The molecule has 3 rings (SSSR count). The highest BCUT2D eigenvalue weighted by molar-refractivity contribution is 7.92. The van der Waals surface area contributed by atoms with Gasteiger partial charge in [-0.3, -0.25) is 9.52 Å². The Bertz CT molecular complexity index is 1120. The number of amides is 1. The van der Waals surface area contributed by atoms with E-state index in [0.29, 0.717) is 11.3 Å². The van der Waals surface area contributed by atoms with Gasteiger partial charge in [0.05, 0.1) is 10.9 Å². The molecular weight excluding hydrogens is 396 g/mol. The molecule has 3 aromatic carbocycles. The van der Waals surface area contributed by atoms with Crippen molar-refractivity contribution in [2.24, 2.45) is 0 Å². The van der Waals surface area contributed by atoms with Crippen molar-refractivity contribution < 1.29 is 13.2 Å². The van der Waals surface area contributed by atoms with E-state index < -0.39 is 10.0 Å². The highest BCUT2D eigenvalue weighted by Crippen LogP contribution is 2.23. The summed E-state index contributed by atoms with van der Waals surface area (Å²) in [5.41, 5.74) is 4.31. The second-order valence-corrected chi connectivity index (χ2v) is 8.97. The first-order valence-corrected chi connectivity index (χ1v) is 11.3. The lowest BCUT2D eigenvalue weighted by atomic mass is 9.97. The van der Waals surface area contributed by atoms with Crippen molar-refractivity contribution in [2.45, 2.75) is 38.1 Å². The largest absolute Gasteiger partial charge is 0.345 e. The molecule has 30 heavy (non-hydrogen) atoms. The van der Waals surface area contributed by atoms with Crippen LogP contribution in [0.5, 0.6) is 0 Å². The summed E-state index contributed by atoms with van der Waals surface area (Å²) in [6.07, 6.45) is 0.768. The number of carbonyl (C=O) groups is 1. The van der Waals surface area contributed by atoms with Crippen molar-refractivity contribution in [2.75, 3.05) is 4.72 Å². The zero-order valence-electron chi connectivity index (χ0n) is 17.3. The van der Waals surface area contributed by atoms with E-state index in [1.807, 2.05) is 26.8 Å². The van der Waals surface area contributed by atoms with E-state index in [1.54, 1.807) is 42.5 Å². The molecule has 0 aliphatic carbocycles. The average molecular weight is 423 g/mol. The van der Waals surface area contributed by atoms with Gasteiger partial charge in [-0.2, -0.15) is 0 Å². The van der Waals surface area contributed by atoms with Gasteiger partial charge in [-0.05, 0) is 67.8 Å². The SMILES string of the molecule is CCC(NC(=O)c1ccc(NS(=O)(=O)c2ccccc2)cc1)c1ccc(C)cc1C. The third kappa shape index (κ3) is 5.07. The Balaban J connectivity index is 1.71. The Morgan fingerprint density at radius 2 is 1.60 bits per heavy atom. The summed E-state index contributed by atoms with van der Waals surface area (Å²) >= 11 is 0. The van der Waals surface area contributed by atoms with Crippen molar-refractivity contribution in [1.29, 1.82) is 0 Å². The van der Waals surface area contributed by atoms with E-state index in [2.05, 4.69) is 22.2 Å². The van der Waals surface area contributed by atoms with Crippen LogP contribution in [0.1, 0.15) is 46.4 Å². The fourth-order valence-electron chi connectivity index (χ4n) is 3.36. The van der Waals surface area contributed by atoms with Crippen molar-refractivity contribution in [3.8, 4) is 0 Å². The molecule has 0 bridgehead atoms. The van der Waals surface area contributed by atoms with E-state index in [1.165, 1.54) is 17.7 Å². The van der Waals surface area contributed by atoms with E-state index in [9.17, 15) is 13.2 Å². The van der Waals surface area contributed by atoms with Crippen molar-refractivity contribution >= 4 is 21.6 Å². The number of hydrogen-bond acceptors (Lipinski definition) is 3. The van der Waals surface area contributed by atoms with Crippen LogP contribution in [-0.4, -0.2) is 14.3 Å². The fraction of sp³-hybridized carbons (Fsp3) is 0.208. The summed E-state index contributed by atoms with van der Waals surface area (Å²) in [6, 6.07) is 20.7. The number of aryl methyl sites for hydroxylation is 2. The van der Waals surface area contributed by atoms with Crippen LogP contribution in [0.4, 0.5) is 5.69 Å². The average Bonchev–Trinajstić information content (AvgIpc) is 2.73. The third-order valence-corrected chi connectivity index (χ3v) is 6.36. The highest BCUT2D eigenvalue weighted by atomic mass is 32.2. The molecule has 0 radical (unpaired) electrons. The van der Waals surface area contributed by atoms with Crippen LogP contribution >= 0.6 is 0 Å². The van der Waals surface area contributed by atoms with Crippen molar-refractivity contribution in [3.63, 3.8) is 0 Å². The van der Waals surface area contributed by atoms with Gasteiger partial charge >= 0.3 is 0 Å². The van der Waals surface area contributed by atoms with E-state index in [4.69, 9.17) is 0 Å². The number of anilines is 1. The molecule has 0 saturated carbocycles. The summed E-state index contributed by atoms with van der Waals surface area (Å²) < 4.78 is 27.4. The molecule has 1 amide bonds. The van der Waals surface area contributed by atoms with Gasteiger partial charge in [-0.15, -0.1) is 0 Å². The van der Waals surface area contributed by atoms with Gasteiger partial charge < -0.3 is 5.32 Å². The van der Waals surface area contributed by atoms with Crippen LogP contribution < -0.4 is 10.0 Å². The van der Waals surface area contributed by atoms with Gasteiger partial charge in [0.15, 0.2) is 0 Å². The number of sulfonamides is 1. The minimum Gasteiger partial charge on any atom is -0.345 e. The summed E-state index contributed by atoms with van der Waals surface area (Å²) in [5.74, 6) is -0.195. The first-order chi connectivity index (χ1) is 14.3. The standard InChI is InChI=1S/C24H26N2O3S/c1-4-23(22-15-10-17(2)16-18(22)3)25-24(27)19-11-13-20(14-12-19)26-30(28,29)21-8-6-5-7-9-21/h5-16,23,26H,4H2,1-3H3,(H,25,27). The molecule has 156 valence electrons. The van der Waals surface area contributed by atoms with Gasteiger partial charge in [0.2, 0.25) is 0 Å². The molecule has 1 atom stereocenters. The minimum absolute atomic E-state index is 0.0886. The summed E-state index contributed by atoms with van der Waals surface area (Å²) in [5, 5.41) is 3.08. The molecule has 6 heteroatoms. The molecule has 0 aromatic heterocycles. The Labute approximate surface area is 178 Å². The molecule has 0 spiro atoms. The second kappa shape index (κ2) is 9.13. The quantitative estimate of drug-likeness (QED) is 0.563. The molecule has 2 N–H and O–H groups in total. The van der Waals surface area contributed by atoms with Crippen LogP contribution in [0.25, 0.3) is 0 Å². The minimum atomic E-state index is -3.66. The maximum absolute atomic E-state index is 12.7. The topological polar surface area (TPSA) is 75.3 Å². The number of carbonyl (C=O) groups excluding carboxylic acids is 1. The smallest absolute Gasteiger partial charge is 0.261 e. The number of rotatable bonds is 7. The zero-order chi connectivity index (χ0) is 21.7.